The van der Waals surface area contributed by atoms with Gasteiger partial charge < -0.3 is 5.32 Å². The lowest BCUT2D eigenvalue weighted by atomic mass is 10.1. The highest BCUT2D eigenvalue weighted by Crippen LogP contribution is 2.09. The van der Waals surface area contributed by atoms with Crippen molar-refractivity contribution in [1.82, 2.24) is 5.32 Å². The molecule has 0 amide bonds. The zero-order valence-corrected chi connectivity index (χ0v) is 14.0. The molecule has 0 saturated carbocycles. The minimum absolute atomic E-state index is 0.715. The van der Waals surface area contributed by atoms with Crippen LogP contribution in [0.5, 0.6) is 0 Å². The fraction of sp³-hybridized carbons (Fsp3) is 0.294. The zero-order chi connectivity index (χ0) is 16.6. The molecule has 0 radical (unpaired) electrons. The first-order valence-corrected chi connectivity index (χ1v) is 8.84. The minimum atomic E-state index is -3.67. The highest BCUT2D eigenvalue weighted by atomic mass is 32.2. The maximum absolute atomic E-state index is 9.19. The third-order valence-corrected chi connectivity index (χ3v) is 3.15. The largest absolute Gasteiger partial charge is 0.309 e. The van der Waals surface area contributed by atoms with Gasteiger partial charge in [0.15, 0.2) is 0 Å². The van der Waals surface area contributed by atoms with Gasteiger partial charge in [0.25, 0.3) is 10.1 Å². The van der Waals surface area contributed by atoms with E-state index in [-0.39, 0.29) is 0 Å². The van der Waals surface area contributed by atoms with Gasteiger partial charge >= 0.3 is 0 Å². The van der Waals surface area contributed by atoms with Crippen LogP contribution < -0.4 is 5.32 Å². The normalized spacial score (nSPS) is 10.7. The van der Waals surface area contributed by atoms with Crippen molar-refractivity contribution in [2.24, 2.45) is 0 Å². The van der Waals surface area contributed by atoms with Crippen molar-refractivity contribution in [3.05, 3.63) is 70.8 Å². The molecule has 0 heterocycles. The van der Waals surface area contributed by atoms with Crippen molar-refractivity contribution < 1.29 is 13.0 Å². The number of hydrogen-bond acceptors (Lipinski definition) is 3. The third-order valence-electron chi connectivity index (χ3n) is 3.15. The maximum atomic E-state index is 9.19. The molecular weight excluding hydrogens is 298 g/mol. The van der Waals surface area contributed by atoms with Crippen LogP contribution in [-0.4, -0.2) is 19.2 Å². The standard InChI is InChI=1S/C16H19N.CH4O3S/c1-13-7-3-5-9-15(13)11-17-12-16-10-6-4-8-14(16)2;1-5(2,3)4/h3-10,17H,11-12H2,1-2H3;1H3,(H,2,3,4). The van der Waals surface area contributed by atoms with E-state index in [1.807, 2.05) is 0 Å². The van der Waals surface area contributed by atoms with Crippen LogP contribution in [0.4, 0.5) is 0 Å². The lowest BCUT2D eigenvalue weighted by molar-refractivity contribution is 0.490. The van der Waals surface area contributed by atoms with Crippen molar-refractivity contribution in [1.29, 1.82) is 0 Å². The van der Waals surface area contributed by atoms with Gasteiger partial charge in [0, 0.05) is 13.1 Å². The lowest BCUT2D eigenvalue weighted by Gasteiger charge is -2.09. The molecule has 0 bridgehead atoms. The fourth-order valence-corrected chi connectivity index (χ4v) is 1.95. The van der Waals surface area contributed by atoms with E-state index in [0.29, 0.717) is 6.26 Å². The summed E-state index contributed by atoms with van der Waals surface area (Å²) < 4.78 is 25.9. The molecule has 0 aromatic heterocycles. The van der Waals surface area contributed by atoms with Gasteiger partial charge in [-0.05, 0) is 36.1 Å². The van der Waals surface area contributed by atoms with E-state index < -0.39 is 10.1 Å². The summed E-state index contributed by atoms with van der Waals surface area (Å²) in [5, 5.41) is 3.50. The average molecular weight is 321 g/mol. The SMILES string of the molecule is CS(=O)(=O)O.Cc1ccccc1CNCc1ccccc1C. The second-order valence-electron chi connectivity index (χ2n) is 5.19. The van der Waals surface area contributed by atoms with E-state index in [1.165, 1.54) is 22.3 Å². The molecule has 2 rings (SSSR count). The lowest BCUT2D eigenvalue weighted by Crippen LogP contribution is -2.14. The van der Waals surface area contributed by atoms with Gasteiger partial charge in [-0.25, -0.2) is 0 Å². The highest BCUT2D eigenvalue weighted by Gasteiger charge is 1.98. The number of aryl methyl sites for hydroxylation is 2. The summed E-state index contributed by atoms with van der Waals surface area (Å²) in [4.78, 5) is 0. The van der Waals surface area contributed by atoms with E-state index in [1.54, 1.807) is 0 Å². The van der Waals surface area contributed by atoms with Crippen LogP contribution in [0.15, 0.2) is 48.5 Å². The van der Waals surface area contributed by atoms with Crippen LogP contribution in [-0.2, 0) is 23.2 Å². The second-order valence-corrected chi connectivity index (χ2v) is 6.66. The summed E-state index contributed by atoms with van der Waals surface area (Å²) in [5.74, 6) is 0. The molecule has 0 aliphatic heterocycles. The Bertz CT molecular complexity index is 643. The Hall–Kier alpha value is -1.69. The van der Waals surface area contributed by atoms with Gasteiger partial charge in [-0.15, -0.1) is 0 Å². The Morgan fingerprint density at radius 2 is 1.18 bits per heavy atom. The van der Waals surface area contributed by atoms with Crippen molar-refractivity contribution in [3.8, 4) is 0 Å². The minimum Gasteiger partial charge on any atom is -0.309 e. The molecule has 22 heavy (non-hydrogen) atoms. The molecule has 0 saturated heterocycles. The molecule has 5 heteroatoms. The summed E-state index contributed by atoms with van der Waals surface area (Å²) in [7, 11) is -3.67. The van der Waals surface area contributed by atoms with E-state index in [2.05, 4.69) is 67.7 Å². The van der Waals surface area contributed by atoms with Crippen LogP contribution >= 0.6 is 0 Å². The Kier molecular flexibility index (Phi) is 7.24. The first-order chi connectivity index (χ1) is 10.3. The summed E-state index contributed by atoms with van der Waals surface area (Å²) in [6.45, 7) is 6.18. The Balaban J connectivity index is 0.000000422. The van der Waals surface area contributed by atoms with Crippen molar-refractivity contribution in [2.75, 3.05) is 6.26 Å². The maximum Gasteiger partial charge on any atom is 0.261 e. The Labute approximate surface area is 132 Å². The quantitative estimate of drug-likeness (QED) is 0.849. The van der Waals surface area contributed by atoms with E-state index in [9.17, 15) is 8.42 Å². The number of benzene rings is 2. The second kappa shape index (κ2) is 8.68. The molecule has 2 N–H and O–H groups in total. The third kappa shape index (κ3) is 7.93. The van der Waals surface area contributed by atoms with Crippen LogP contribution in [0.3, 0.4) is 0 Å². The number of hydrogen-bond donors (Lipinski definition) is 2. The fourth-order valence-electron chi connectivity index (χ4n) is 1.95. The van der Waals surface area contributed by atoms with Gasteiger partial charge in [-0.3, -0.25) is 4.55 Å². The summed E-state index contributed by atoms with van der Waals surface area (Å²) in [6, 6.07) is 17.0. The molecule has 0 spiro atoms. The molecule has 120 valence electrons. The van der Waals surface area contributed by atoms with Gasteiger partial charge in [-0.1, -0.05) is 48.5 Å². The van der Waals surface area contributed by atoms with Gasteiger partial charge in [-0.2, -0.15) is 8.42 Å². The van der Waals surface area contributed by atoms with Crippen LogP contribution in [0.1, 0.15) is 22.3 Å². The number of rotatable bonds is 4. The topological polar surface area (TPSA) is 66.4 Å². The molecule has 0 aliphatic rings. The van der Waals surface area contributed by atoms with Crippen LogP contribution in [0.2, 0.25) is 0 Å². The molecule has 0 fully saturated rings. The van der Waals surface area contributed by atoms with Gasteiger partial charge in [0.2, 0.25) is 0 Å². The van der Waals surface area contributed by atoms with Gasteiger partial charge in [0.05, 0.1) is 6.26 Å². The smallest absolute Gasteiger partial charge is 0.261 e. The molecular formula is C17H23NO3S. The Morgan fingerprint density at radius 3 is 1.50 bits per heavy atom. The average Bonchev–Trinajstić information content (AvgIpc) is 2.41. The molecule has 2 aromatic rings. The molecule has 0 unspecified atom stereocenters. The predicted octanol–water partition coefficient (Wildman–Crippen LogP) is 3.10. The van der Waals surface area contributed by atoms with E-state index >= 15 is 0 Å². The van der Waals surface area contributed by atoms with Crippen molar-refractivity contribution >= 4 is 10.1 Å². The summed E-state index contributed by atoms with van der Waals surface area (Å²) in [5.41, 5.74) is 5.46. The van der Waals surface area contributed by atoms with Crippen LogP contribution in [0, 0.1) is 13.8 Å². The molecule has 0 aliphatic carbocycles. The zero-order valence-electron chi connectivity index (χ0n) is 13.2. The van der Waals surface area contributed by atoms with Gasteiger partial charge in [0.1, 0.15) is 0 Å². The molecule has 0 atom stereocenters. The van der Waals surface area contributed by atoms with E-state index in [0.717, 1.165) is 13.1 Å². The summed E-state index contributed by atoms with van der Waals surface area (Å²) in [6.07, 6.45) is 0.715. The first kappa shape index (κ1) is 18.4. The number of nitrogens with one attached hydrogen (secondary N) is 1. The molecule has 4 nitrogen and oxygen atoms in total. The Morgan fingerprint density at radius 1 is 0.864 bits per heavy atom. The van der Waals surface area contributed by atoms with Crippen molar-refractivity contribution in [2.45, 2.75) is 26.9 Å². The van der Waals surface area contributed by atoms with Crippen LogP contribution in [0.25, 0.3) is 0 Å². The van der Waals surface area contributed by atoms with E-state index in [4.69, 9.17) is 4.55 Å². The van der Waals surface area contributed by atoms with Crippen molar-refractivity contribution in [3.63, 3.8) is 0 Å². The monoisotopic (exact) mass is 321 g/mol. The molecule has 2 aromatic carbocycles. The summed E-state index contributed by atoms with van der Waals surface area (Å²) >= 11 is 0. The highest BCUT2D eigenvalue weighted by molar-refractivity contribution is 7.85. The first-order valence-electron chi connectivity index (χ1n) is 6.99. The predicted molar refractivity (Wildman–Crippen MR) is 90.4 cm³/mol.